The van der Waals surface area contributed by atoms with E-state index in [9.17, 15) is 8.78 Å². The summed E-state index contributed by atoms with van der Waals surface area (Å²) < 4.78 is 33.4. The van der Waals surface area contributed by atoms with Crippen molar-refractivity contribution in [3.8, 4) is 6.07 Å². The van der Waals surface area contributed by atoms with Crippen LogP contribution in [0.1, 0.15) is 40.8 Å². The van der Waals surface area contributed by atoms with Crippen LogP contribution in [0.4, 0.5) is 8.78 Å². The van der Waals surface area contributed by atoms with E-state index in [0.29, 0.717) is 17.9 Å². The number of hydrogen-bond donors (Lipinski definition) is 0. The standard InChI is InChI=1S/C26H23F2N5O2/c27-22-3-2-19(13-23(22)28)25(32-35-12-8-29)24-4-1-18(14-31-24)16-33-10-6-26(7-11-33)21-15-30-9-5-20(21)17-34-26/h1-5,9,13-15H,6-7,10-12,16-17H2. The van der Waals surface area contributed by atoms with Gasteiger partial charge in [-0.2, -0.15) is 5.26 Å². The first-order chi connectivity index (χ1) is 17.1. The average molecular weight is 475 g/mol. The largest absolute Gasteiger partial charge is 0.380 e. The van der Waals surface area contributed by atoms with Crippen molar-refractivity contribution >= 4 is 5.71 Å². The lowest BCUT2D eigenvalue weighted by atomic mass is 9.84. The van der Waals surface area contributed by atoms with Crippen LogP contribution in [-0.2, 0) is 28.3 Å². The molecular formula is C26H23F2N5O2. The molecule has 0 N–H and O–H groups in total. The van der Waals surface area contributed by atoms with Gasteiger partial charge in [-0.25, -0.2) is 8.78 Å². The predicted octanol–water partition coefficient (Wildman–Crippen LogP) is 4.07. The van der Waals surface area contributed by atoms with E-state index < -0.39 is 11.6 Å². The number of ether oxygens (including phenoxy) is 1. The van der Waals surface area contributed by atoms with Crippen LogP contribution in [0.25, 0.3) is 0 Å². The molecule has 7 nitrogen and oxygen atoms in total. The summed E-state index contributed by atoms with van der Waals surface area (Å²) >= 11 is 0. The summed E-state index contributed by atoms with van der Waals surface area (Å²) in [7, 11) is 0. The minimum atomic E-state index is -1.00. The van der Waals surface area contributed by atoms with Gasteiger partial charge in [-0.05, 0) is 54.3 Å². The van der Waals surface area contributed by atoms with Gasteiger partial charge in [-0.15, -0.1) is 0 Å². The molecule has 0 atom stereocenters. The van der Waals surface area contributed by atoms with Gasteiger partial charge in [0.15, 0.2) is 11.6 Å². The molecule has 5 rings (SSSR count). The van der Waals surface area contributed by atoms with Crippen LogP contribution in [-0.4, -0.2) is 40.3 Å². The minimum absolute atomic E-state index is 0.219. The fraction of sp³-hybridized carbons (Fsp3) is 0.308. The molecule has 0 amide bonds. The monoisotopic (exact) mass is 475 g/mol. The molecule has 1 fully saturated rings. The topological polar surface area (TPSA) is 83.6 Å². The van der Waals surface area contributed by atoms with Gasteiger partial charge >= 0.3 is 0 Å². The summed E-state index contributed by atoms with van der Waals surface area (Å²) in [5, 5.41) is 12.7. The molecule has 0 radical (unpaired) electrons. The number of fused-ring (bicyclic) bond motifs is 2. The SMILES string of the molecule is N#CCON=C(c1ccc(F)c(F)c1)c1ccc(CN2CCC3(CC2)OCc2ccncc23)cn1. The number of oxime groups is 1. The molecule has 1 spiro atoms. The number of hydrogen-bond acceptors (Lipinski definition) is 7. The predicted molar refractivity (Wildman–Crippen MR) is 123 cm³/mol. The molecule has 1 aromatic carbocycles. The number of piperidine rings is 1. The number of nitriles is 1. The number of halogens is 2. The van der Waals surface area contributed by atoms with Gasteiger partial charge in [0.1, 0.15) is 11.8 Å². The minimum Gasteiger partial charge on any atom is -0.380 e. The average Bonchev–Trinajstić information content (AvgIpc) is 3.24. The van der Waals surface area contributed by atoms with E-state index in [4.69, 9.17) is 14.8 Å². The van der Waals surface area contributed by atoms with Crippen LogP contribution in [0.15, 0.2) is 60.1 Å². The van der Waals surface area contributed by atoms with Gasteiger partial charge in [0.2, 0.25) is 6.61 Å². The highest BCUT2D eigenvalue weighted by atomic mass is 19.2. The summed E-state index contributed by atoms with van der Waals surface area (Å²) in [5.41, 5.74) is 4.17. The summed E-state index contributed by atoms with van der Waals surface area (Å²) in [6, 6.07) is 11.0. The fourth-order valence-electron chi connectivity index (χ4n) is 4.67. The Morgan fingerprint density at radius 2 is 2.00 bits per heavy atom. The van der Waals surface area contributed by atoms with Gasteiger partial charge < -0.3 is 9.57 Å². The van der Waals surface area contributed by atoms with Crippen molar-refractivity contribution in [1.82, 2.24) is 14.9 Å². The second-order valence-electron chi connectivity index (χ2n) is 8.64. The van der Waals surface area contributed by atoms with E-state index in [2.05, 4.69) is 20.0 Å². The number of likely N-dealkylation sites (tertiary alicyclic amines) is 1. The van der Waals surface area contributed by atoms with Crippen molar-refractivity contribution in [3.05, 3.63) is 94.6 Å². The van der Waals surface area contributed by atoms with Crippen molar-refractivity contribution in [1.29, 1.82) is 5.26 Å². The van der Waals surface area contributed by atoms with E-state index in [0.717, 1.165) is 50.2 Å². The molecule has 0 saturated carbocycles. The van der Waals surface area contributed by atoms with Crippen molar-refractivity contribution in [2.75, 3.05) is 19.7 Å². The first kappa shape index (κ1) is 23.0. The van der Waals surface area contributed by atoms with Crippen LogP contribution in [0, 0.1) is 23.0 Å². The fourth-order valence-corrected chi connectivity index (χ4v) is 4.67. The maximum absolute atomic E-state index is 13.8. The van der Waals surface area contributed by atoms with E-state index in [1.165, 1.54) is 17.2 Å². The Balaban J connectivity index is 1.27. The van der Waals surface area contributed by atoms with Gasteiger partial charge in [0.25, 0.3) is 0 Å². The van der Waals surface area contributed by atoms with Crippen molar-refractivity contribution in [2.24, 2.45) is 5.16 Å². The Morgan fingerprint density at radius 3 is 2.74 bits per heavy atom. The molecule has 0 unspecified atom stereocenters. The molecule has 2 aliphatic heterocycles. The lowest BCUT2D eigenvalue weighted by molar-refractivity contribution is -0.0800. The van der Waals surface area contributed by atoms with Gasteiger partial charge in [-0.1, -0.05) is 11.2 Å². The lowest BCUT2D eigenvalue weighted by Gasteiger charge is -2.39. The molecule has 35 heavy (non-hydrogen) atoms. The molecule has 2 aliphatic rings. The molecule has 3 aromatic rings. The zero-order valence-electron chi connectivity index (χ0n) is 19.0. The third-order valence-corrected chi connectivity index (χ3v) is 6.52. The van der Waals surface area contributed by atoms with E-state index >= 15 is 0 Å². The summed E-state index contributed by atoms with van der Waals surface area (Å²) in [4.78, 5) is 16.1. The Kier molecular flexibility index (Phi) is 6.49. The second kappa shape index (κ2) is 9.86. The third kappa shape index (κ3) is 4.76. The maximum Gasteiger partial charge on any atom is 0.202 e. The molecule has 9 heteroatoms. The van der Waals surface area contributed by atoms with Crippen molar-refractivity contribution < 1.29 is 18.4 Å². The van der Waals surface area contributed by atoms with Crippen LogP contribution in [0.3, 0.4) is 0 Å². The number of nitrogens with zero attached hydrogens (tertiary/aromatic N) is 5. The van der Waals surface area contributed by atoms with Crippen LogP contribution in [0.2, 0.25) is 0 Å². The highest BCUT2D eigenvalue weighted by Crippen LogP contribution is 2.43. The number of aromatic nitrogens is 2. The van der Waals surface area contributed by atoms with E-state index in [-0.39, 0.29) is 17.9 Å². The summed E-state index contributed by atoms with van der Waals surface area (Å²) in [6.45, 7) is 2.88. The Morgan fingerprint density at radius 1 is 1.14 bits per heavy atom. The lowest BCUT2D eigenvalue weighted by Crippen LogP contribution is -2.42. The summed E-state index contributed by atoms with van der Waals surface area (Å²) in [6.07, 6.45) is 7.30. The third-order valence-electron chi connectivity index (χ3n) is 6.52. The first-order valence-electron chi connectivity index (χ1n) is 11.4. The van der Waals surface area contributed by atoms with Crippen molar-refractivity contribution in [2.45, 2.75) is 31.6 Å². The van der Waals surface area contributed by atoms with Crippen LogP contribution >= 0.6 is 0 Å². The Hall–Kier alpha value is -3.74. The molecule has 2 aromatic heterocycles. The first-order valence-corrected chi connectivity index (χ1v) is 11.4. The molecule has 4 heterocycles. The van der Waals surface area contributed by atoms with Crippen molar-refractivity contribution in [3.63, 3.8) is 0 Å². The zero-order chi connectivity index (χ0) is 24.3. The number of rotatable bonds is 6. The van der Waals surface area contributed by atoms with Crippen LogP contribution < -0.4 is 0 Å². The number of pyridine rings is 2. The normalized spacial score (nSPS) is 17.2. The van der Waals surface area contributed by atoms with Gasteiger partial charge in [-0.3, -0.25) is 14.9 Å². The van der Waals surface area contributed by atoms with E-state index in [1.54, 1.807) is 12.3 Å². The Bertz CT molecular complexity index is 1280. The highest BCUT2D eigenvalue weighted by molar-refractivity contribution is 6.11. The smallest absolute Gasteiger partial charge is 0.202 e. The van der Waals surface area contributed by atoms with Gasteiger partial charge in [0.05, 0.1) is 17.9 Å². The van der Waals surface area contributed by atoms with Crippen LogP contribution in [0.5, 0.6) is 0 Å². The maximum atomic E-state index is 13.8. The van der Waals surface area contributed by atoms with E-state index in [1.807, 2.05) is 30.6 Å². The zero-order valence-corrected chi connectivity index (χ0v) is 19.0. The molecule has 1 saturated heterocycles. The van der Waals surface area contributed by atoms with Gasteiger partial charge in [0, 0.05) is 49.4 Å². The molecule has 178 valence electrons. The Labute approximate surface area is 201 Å². The molecule has 0 aliphatic carbocycles. The quantitative estimate of drug-likeness (QED) is 0.304. The second-order valence-corrected chi connectivity index (χ2v) is 8.64. The highest BCUT2D eigenvalue weighted by Gasteiger charge is 2.42. The number of benzene rings is 1. The summed E-state index contributed by atoms with van der Waals surface area (Å²) in [5.74, 6) is -1.96. The molecule has 0 bridgehead atoms. The molecular weight excluding hydrogens is 452 g/mol.